The second-order valence-electron chi connectivity index (χ2n) is 8.52. The number of allylic oxidation sites excluding steroid dienone is 5. The number of benzene rings is 2. The van der Waals surface area contributed by atoms with Crippen LogP contribution in [0.2, 0.25) is 5.02 Å². The van der Waals surface area contributed by atoms with E-state index in [0.717, 1.165) is 34.6 Å². The van der Waals surface area contributed by atoms with E-state index in [-0.39, 0.29) is 11.9 Å². The molecular weight excluding hydrogens is 460 g/mol. The molecule has 1 aliphatic heterocycles. The van der Waals surface area contributed by atoms with E-state index < -0.39 is 6.10 Å². The summed E-state index contributed by atoms with van der Waals surface area (Å²) in [5.41, 5.74) is 4.22. The van der Waals surface area contributed by atoms with Gasteiger partial charge in [-0.25, -0.2) is 0 Å². The smallest absolute Gasteiger partial charge is 0.264 e. The Hall–Kier alpha value is -3.44. The summed E-state index contributed by atoms with van der Waals surface area (Å²) >= 11 is 6.34. The van der Waals surface area contributed by atoms with Gasteiger partial charge in [-0.05, 0) is 73.4 Å². The summed E-state index contributed by atoms with van der Waals surface area (Å²) in [6.45, 7) is 2.39. The molecule has 0 saturated heterocycles. The maximum absolute atomic E-state index is 13.6. The molecule has 6 heteroatoms. The molecule has 2 atom stereocenters. The van der Waals surface area contributed by atoms with Gasteiger partial charge in [0, 0.05) is 29.9 Å². The summed E-state index contributed by atoms with van der Waals surface area (Å²) in [6, 6.07) is 13.5. The van der Waals surface area contributed by atoms with Gasteiger partial charge < -0.3 is 19.7 Å². The second kappa shape index (κ2) is 11.3. The number of nitrogens with zero attached hydrogens (tertiary/aromatic N) is 1. The fraction of sp³-hybridized carbons (Fsp3) is 0.276. The normalized spacial score (nSPS) is 18.3. The number of halogens is 1. The molecular formula is C29H31ClN2O3. The van der Waals surface area contributed by atoms with E-state index in [4.69, 9.17) is 21.1 Å². The Kier molecular flexibility index (Phi) is 7.98. The monoisotopic (exact) mass is 490 g/mol. The van der Waals surface area contributed by atoms with Crippen molar-refractivity contribution >= 4 is 28.8 Å². The lowest BCUT2D eigenvalue weighted by Gasteiger charge is -2.37. The second-order valence-corrected chi connectivity index (χ2v) is 8.96. The molecule has 5 nitrogen and oxygen atoms in total. The van der Waals surface area contributed by atoms with Crippen molar-refractivity contribution in [1.82, 2.24) is 4.90 Å². The van der Waals surface area contributed by atoms with E-state index in [2.05, 4.69) is 11.4 Å². The van der Waals surface area contributed by atoms with Crippen LogP contribution in [0.5, 0.6) is 5.75 Å². The van der Waals surface area contributed by atoms with Crippen molar-refractivity contribution in [2.24, 2.45) is 0 Å². The van der Waals surface area contributed by atoms with E-state index >= 15 is 0 Å². The topological polar surface area (TPSA) is 50.8 Å². The number of hydrogen-bond donors (Lipinski definition) is 1. The Morgan fingerprint density at radius 3 is 2.71 bits per heavy atom. The lowest BCUT2D eigenvalue weighted by molar-refractivity contribution is -0.142. The van der Waals surface area contributed by atoms with Crippen molar-refractivity contribution in [3.63, 3.8) is 0 Å². The number of carbonyl (C=O) groups is 1. The van der Waals surface area contributed by atoms with E-state index in [9.17, 15) is 4.79 Å². The zero-order valence-electron chi connectivity index (χ0n) is 20.3. The Morgan fingerprint density at radius 2 is 1.97 bits per heavy atom. The van der Waals surface area contributed by atoms with Gasteiger partial charge in [0.25, 0.3) is 5.91 Å². The van der Waals surface area contributed by atoms with E-state index in [1.165, 1.54) is 0 Å². The first-order chi connectivity index (χ1) is 17.0. The number of amides is 1. The molecule has 2 unspecified atom stereocenters. The summed E-state index contributed by atoms with van der Waals surface area (Å²) in [5.74, 6) is 1.44. The Morgan fingerprint density at radius 1 is 1.17 bits per heavy atom. The molecule has 0 spiro atoms. The summed E-state index contributed by atoms with van der Waals surface area (Å²) in [7, 11) is 3.55. The van der Waals surface area contributed by atoms with Crippen LogP contribution in [0, 0.1) is 0 Å². The fourth-order valence-corrected chi connectivity index (χ4v) is 4.60. The van der Waals surface area contributed by atoms with Gasteiger partial charge in [-0.2, -0.15) is 0 Å². The summed E-state index contributed by atoms with van der Waals surface area (Å²) < 4.78 is 11.4. The predicted octanol–water partition coefficient (Wildman–Crippen LogP) is 6.55. The highest BCUT2D eigenvalue weighted by atomic mass is 35.5. The minimum absolute atomic E-state index is 0.0486. The molecule has 0 radical (unpaired) electrons. The molecule has 2 aliphatic rings. The number of carbonyl (C=O) groups excluding carboxylic acids is 1. The van der Waals surface area contributed by atoms with Crippen LogP contribution in [-0.2, 0) is 9.53 Å². The van der Waals surface area contributed by atoms with E-state index in [1.54, 1.807) is 7.11 Å². The lowest BCUT2D eigenvalue weighted by atomic mass is 9.91. The number of ether oxygens (including phenoxy) is 2. The Labute approximate surface area is 212 Å². The zero-order chi connectivity index (χ0) is 24.8. The van der Waals surface area contributed by atoms with Crippen LogP contribution in [0.25, 0.3) is 5.57 Å². The van der Waals surface area contributed by atoms with Crippen molar-refractivity contribution in [2.75, 3.05) is 26.0 Å². The van der Waals surface area contributed by atoms with Crippen molar-refractivity contribution in [3.8, 4) is 5.75 Å². The number of anilines is 1. The van der Waals surface area contributed by atoms with Crippen molar-refractivity contribution < 1.29 is 14.3 Å². The average Bonchev–Trinajstić information content (AvgIpc) is 3.16. The predicted molar refractivity (Wildman–Crippen MR) is 143 cm³/mol. The molecule has 2 aromatic rings. The maximum Gasteiger partial charge on any atom is 0.264 e. The molecule has 1 aliphatic carbocycles. The average molecular weight is 491 g/mol. The number of hydrogen-bond acceptors (Lipinski definition) is 4. The zero-order valence-corrected chi connectivity index (χ0v) is 21.1. The van der Waals surface area contributed by atoms with Crippen molar-refractivity contribution in [3.05, 3.63) is 101 Å². The van der Waals surface area contributed by atoms with Gasteiger partial charge in [-0.3, -0.25) is 4.79 Å². The van der Waals surface area contributed by atoms with Crippen LogP contribution in [0.3, 0.4) is 0 Å². The van der Waals surface area contributed by atoms with Crippen LogP contribution in [0.15, 0.2) is 84.7 Å². The fourth-order valence-electron chi connectivity index (χ4n) is 4.43. The lowest BCUT2D eigenvalue weighted by Crippen LogP contribution is -2.43. The first-order valence-electron chi connectivity index (χ1n) is 11.8. The molecule has 1 heterocycles. The number of methoxy groups -OCH3 is 1. The molecule has 35 heavy (non-hydrogen) atoms. The van der Waals surface area contributed by atoms with Crippen LogP contribution in [0.1, 0.15) is 36.9 Å². The van der Waals surface area contributed by atoms with Gasteiger partial charge in [-0.15, -0.1) is 0 Å². The quantitative estimate of drug-likeness (QED) is 0.478. The molecule has 0 aromatic heterocycles. The number of rotatable bonds is 7. The summed E-state index contributed by atoms with van der Waals surface area (Å²) in [4.78, 5) is 15.5. The third-order valence-electron chi connectivity index (χ3n) is 6.28. The first kappa shape index (κ1) is 24.7. The standard InChI is InChI=1S/C29H31ClN2O3/c1-20(35-25-8-6-4-5-7-9-25)29(33)32-17-16-22(26-19-23(30)12-15-27(26)31-2)18-28(32)21-10-13-24(34-3)14-11-21/h4-6,8-15,18-20,28,31H,7,16-17H2,1-3H3. The van der Waals surface area contributed by atoms with Gasteiger partial charge in [0.1, 0.15) is 11.5 Å². The third kappa shape index (κ3) is 5.80. The van der Waals surface area contributed by atoms with Gasteiger partial charge in [0.15, 0.2) is 6.10 Å². The summed E-state index contributed by atoms with van der Waals surface area (Å²) in [6.07, 6.45) is 12.9. The molecule has 0 fully saturated rings. The van der Waals surface area contributed by atoms with Crippen LogP contribution in [-0.4, -0.2) is 37.6 Å². The Balaban J connectivity index is 1.66. The van der Waals surface area contributed by atoms with E-state index in [0.29, 0.717) is 23.7 Å². The molecule has 4 rings (SSSR count). The Bertz CT molecular complexity index is 1180. The first-order valence-corrected chi connectivity index (χ1v) is 12.2. The van der Waals surface area contributed by atoms with Gasteiger partial charge in [0.05, 0.1) is 13.2 Å². The van der Waals surface area contributed by atoms with Crippen LogP contribution >= 0.6 is 11.6 Å². The van der Waals surface area contributed by atoms with Gasteiger partial charge in [-0.1, -0.05) is 48.0 Å². The van der Waals surface area contributed by atoms with Gasteiger partial charge in [0.2, 0.25) is 0 Å². The van der Waals surface area contributed by atoms with Crippen molar-refractivity contribution in [2.45, 2.75) is 31.9 Å². The number of nitrogens with one attached hydrogen (secondary N) is 1. The highest BCUT2D eigenvalue weighted by Gasteiger charge is 2.32. The SMILES string of the molecule is CNc1ccc(Cl)cc1C1=CC(c2ccc(OC)cc2)N(C(=O)C(C)OC2=CCC=CC=C2)CC1. The molecule has 1 N–H and O–H groups in total. The maximum atomic E-state index is 13.6. The minimum atomic E-state index is -0.612. The third-order valence-corrected chi connectivity index (χ3v) is 6.51. The molecule has 1 amide bonds. The highest BCUT2D eigenvalue weighted by Crippen LogP contribution is 2.38. The van der Waals surface area contributed by atoms with Crippen LogP contribution in [0.4, 0.5) is 5.69 Å². The minimum Gasteiger partial charge on any atom is -0.497 e. The van der Waals surface area contributed by atoms with Gasteiger partial charge >= 0.3 is 0 Å². The molecule has 0 saturated carbocycles. The van der Waals surface area contributed by atoms with Crippen LogP contribution < -0.4 is 10.1 Å². The molecule has 182 valence electrons. The molecule has 0 bridgehead atoms. The summed E-state index contributed by atoms with van der Waals surface area (Å²) in [5, 5.41) is 3.94. The largest absolute Gasteiger partial charge is 0.497 e. The highest BCUT2D eigenvalue weighted by molar-refractivity contribution is 6.30. The van der Waals surface area contributed by atoms with Crippen molar-refractivity contribution in [1.29, 1.82) is 0 Å². The molecule has 2 aromatic carbocycles. The van der Waals surface area contributed by atoms with E-state index in [1.807, 2.05) is 91.7 Å².